The number of aliphatic hydroxyl groups excluding tert-OH is 4. The molecule has 2 aromatic carbocycles. The quantitative estimate of drug-likeness (QED) is 0.299. The molecule has 11 heteroatoms. The van der Waals surface area contributed by atoms with Crippen LogP contribution >= 0.6 is 0 Å². The molecule has 214 valence electrons. The van der Waals surface area contributed by atoms with Gasteiger partial charge in [-0.05, 0) is 35.9 Å². The highest BCUT2D eigenvalue weighted by atomic mass is 16.7. The molecule has 3 rings (SSSR count). The highest BCUT2D eigenvalue weighted by molar-refractivity contribution is 5.48. The number of methoxy groups -OCH3 is 5. The Bertz CT molecular complexity index is 1130. The highest BCUT2D eigenvalue weighted by Gasteiger charge is 2.45. The summed E-state index contributed by atoms with van der Waals surface area (Å²) in [4.78, 5) is 0. The summed E-state index contributed by atoms with van der Waals surface area (Å²) in [7, 11) is 7.61. The van der Waals surface area contributed by atoms with Crippen LogP contribution in [-0.2, 0) is 14.2 Å². The van der Waals surface area contributed by atoms with Crippen molar-refractivity contribution in [1.29, 1.82) is 0 Å². The van der Waals surface area contributed by atoms with E-state index in [1.165, 1.54) is 28.4 Å². The molecule has 1 aliphatic heterocycles. The average molecular weight is 549 g/mol. The minimum absolute atomic E-state index is 0.107. The van der Waals surface area contributed by atoms with Gasteiger partial charge in [0.15, 0.2) is 29.3 Å². The third-order valence-corrected chi connectivity index (χ3v) is 6.40. The monoisotopic (exact) mass is 548 g/mol. The van der Waals surface area contributed by atoms with Gasteiger partial charge in [0.05, 0.1) is 35.0 Å². The van der Waals surface area contributed by atoms with E-state index in [-0.39, 0.29) is 6.42 Å². The Hall–Kier alpha value is -3.08. The van der Waals surface area contributed by atoms with Gasteiger partial charge in [-0.2, -0.15) is 0 Å². The van der Waals surface area contributed by atoms with Crippen molar-refractivity contribution in [2.45, 2.75) is 49.3 Å². The summed E-state index contributed by atoms with van der Waals surface area (Å²) < 4.78 is 38.9. The zero-order valence-corrected chi connectivity index (χ0v) is 22.6. The number of rotatable bonds is 11. The molecule has 2 aromatic rings. The lowest BCUT2D eigenvalue weighted by molar-refractivity contribution is -0.317. The maximum absolute atomic E-state index is 10.6. The van der Waals surface area contributed by atoms with E-state index < -0.39 is 49.5 Å². The summed E-state index contributed by atoms with van der Waals surface area (Å²) in [6.45, 7) is -0.585. The second kappa shape index (κ2) is 14.3. The zero-order chi connectivity index (χ0) is 28.5. The Labute approximate surface area is 227 Å². The van der Waals surface area contributed by atoms with Crippen LogP contribution in [0.3, 0.4) is 0 Å². The predicted molar refractivity (Wildman–Crippen MR) is 139 cm³/mol. The van der Waals surface area contributed by atoms with Crippen LogP contribution in [0.4, 0.5) is 0 Å². The number of aliphatic hydroxyl groups is 4. The summed E-state index contributed by atoms with van der Waals surface area (Å²) in [6, 6.07) is 10.5. The van der Waals surface area contributed by atoms with Gasteiger partial charge in [0.1, 0.15) is 36.6 Å². The standard InChI is InChI=1S/C28H36O11/c1-33-18-11-9-16(13-21(18)35-3)7-6-8-20(38-28-26(32)25(31)24(30)23(15-29)39-28)27(37-5)17-10-12-19(34-2)22(14-17)36-4/h9-14,20,23-32H,8,15H2,1-5H3/t20-,23-,24-,25+,26-,27-,28-/m1/s1. The van der Waals surface area contributed by atoms with Gasteiger partial charge in [0, 0.05) is 19.1 Å². The maximum Gasteiger partial charge on any atom is 0.187 e. The maximum atomic E-state index is 10.6. The van der Waals surface area contributed by atoms with E-state index in [1.54, 1.807) is 43.5 Å². The van der Waals surface area contributed by atoms with Crippen LogP contribution < -0.4 is 18.9 Å². The van der Waals surface area contributed by atoms with Crippen LogP contribution in [0.2, 0.25) is 0 Å². The lowest BCUT2D eigenvalue weighted by Crippen LogP contribution is -2.59. The molecule has 11 nitrogen and oxygen atoms in total. The molecule has 1 heterocycles. The van der Waals surface area contributed by atoms with Gasteiger partial charge in [-0.3, -0.25) is 0 Å². The van der Waals surface area contributed by atoms with E-state index in [0.717, 1.165) is 0 Å². The first-order valence-corrected chi connectivity index (χ1v) is 12.2. The first kappa shape index (κ1) is 30.5. The predicted octanol–water partition coefficient (Wildman–Crippen LogP) is 1.04. The largest absolute Gasteiger partial charge is 0.493 e. The molecule has 0 radical (unpaired) electrons. The normalized spacial score (nSPS) is 24.2. The van der Waals surface area contributed by atoms with Gasteiger partial charge in [-0.1, -0.05) is 17.9 Å². The molecule has 0 unspecified atom stereocenters. The molecule has 0 bridgehead atoms. The fourth-order valence-corrected chi connectivity index (χ4v) is 4.28. The minimum Gasteiger partial charge on any atom is -0.493 e. The Morgan fingerprint density at radius 2 is 1.41 bits per heavy atom. The van der Waals surface area contributed by atoms with E-state index in [4.69, 9.17) is 33.2 Å². The molecule has 1 aliphatic rings. The summed E-state index contributed by atoms with van der Waals surface area (Å²) >= 11 is 0. The van der Waals surface area contributed by atoms with Crippen LogP contribution in [0.1, 0.15) is 23.7 Å². The molecule has 1 fully saturated rings. The Kier molecular flexibility index (Phi) is 11.2. The van der Waals surface area contributed by atoms with Crippen molar-refractivity contribution in [2.75, 3.05) is 42.2 Å². The van der Waals surface area contributed by atoms with Crippen molar-refractivity contribution in [3.8, 4) is 34.8 Å². The number of ether oxygens (including phenoxy) is 7. The second-order valence-electron chi connectivity index (χ2n) is 8.72. The summed E-state index contributed by atoms with van der Waals surface area (Å²) in [6.07, 6.45) is -8.67. The molecule has 0 aromatic heterocycles. The van der Waals surface area contributed by atoms with Gasteiger partial charge in [0.2, 0.25) is 0 Å². The summed E-state index contributed by atoms with van der Waals surface area (Å²) in [5.74, 6) is 8.22. The highest BCUT2D eigenvalue weighted by Crippen LogP contribution is 2.35. The van der Waals surface area contributed by atoms with Crippen LogP contribution in [-0.4, -0.2) is 99.4 Å². The van der Waals surface area contributed by atoms with Crippen LogP contribution in [0, 0.1) is 11.8 Å². The van der Waals surface area contributed by atoms with Crippen LogP contribution in [0.5, 0.6) is 23.0 Å². The Balaban J connectivity index is 1.94. The van der Waals surface area contributed by atoms with Crippen molar-refractivity contribution in [1.82, 2.24) is 0 Å². The molecule has 0 aliphatic carbocycles. The van der Waals surface area contributed by atoms with E-state index in [1.807, 2.05) is 0 Å². The molecule has 1 saturated heterocycles. The van der Waals surface area contributed by atoms with Gasteiger partial charge in [-0.25, -0.2) is 0 Å². The van der Waals surface area contributed by atoms with Crippen molar-refractivity contribution in [3.63, 3.8) is 0 Å². The number of benzene rings is 2. The fraction of sp³-hybridized carbons (Fsp3) is 0.500. The first-order valence-electron chi connectivity index (χ1n) is 12.2. The van der Waals surface area contributed by atoms with E-state index in [9.17, 15) is 20.4 Å². The topological polar surface area (TPSA) is 146 Å². The molecule has 4 N–H and O–H groups in total. The number of hydrogen-bond acceptors (Lipinski definition) is 11. The van der Waals surface area contributed by atoms with Gasteiger partial charge in [-0.15, -0.1) is 0 Å². The Morgan fingerprint density at radius 3 is 2.00 bits per heavy atom. The molecular formula is C28H36O11. The SMILES string of the molecule is COc1ccc(C#CC[C@@H](O[C@@H]2O[C@H](CO)[C@@H](O)[C@H](O)[C@H]2O)[C@H](OC)c2ccc(OC)c(OC)c2)cc1OC. The van der Waals surface area contributed by atoms with E-state index in [0.29, 0.717) is 34.1 Å². The smallest absolute Gasteiger partial charge is 0.187 e. The molecular weight excluding hydrogens is 512 g/mol. The second-order valence-corrected chi connectivity index (χ2v) is 8.72. The van der Waals surface area contributed by atoms with E-state index in [2.05, 4.69) is 11.8 Å². The van der Waals surface area contributed by atoms with Crippen molar-refractivity contribution in [3.05, 3.63) is 47.5 Å². The fourth-order valence-electron chi connectivity index (χ4n) is 4.28. The third kappa shape index (κ3) is 7.12. The van der Waals surface area contributed by atoms with Crippen LogP contribution in [0.15, 0.2) is 36.4 Å². The molecule has 0 saturated carbocycles. The molecule has 7 atom stereocenters. The van der Waals surface area contributed by atoms with Crippen molar-refractivity contribution in [2.24, 2.45) is 0 Å². The van der Waals surface area contributed by atoms with Gasteiger partial charge >= 0.3 is 0 Å². The van der Waals surface area contributed by atoms with Gasteiger partial charge < -0.3 is 53.6 Å². The number of hydrogen-bond donors (Lipinski definition) is 4. The average Bonchev–Trinajstić information content (AvgIpc) is 2.97. The first-order chi connectivity index (χ1) is 18.8. The molecule has 0 amide bonds. The Morgan fingerprint density at radius 1 is 0.795 bits per heavy atom. The van der Waals surface area contributed by atoms with Gasteiger partial charge in [0.25, 0.3) is 0 Å². The lowest BCUT2D eigenvalue weighted by atomic mass is 9.98. The molecule has 0 spiro atoms. The van der Waals surface area contributed by atoms with E-state index >= 15 is 0 Å². The summed E-state index contributed by atoms with van der Waals surface area (Å²) in [5.41, 5.74) is 1.33. The lowest BCUT2D eigenvalue weighted by Gasteiger charge is -2.41. The zero-order valence-electron chi connectivity index (χ0n) is 22.6. The summed E-state index contributed by atoms with van der Waals surface area (Å²) in [5, 5.41) is 40.6. The van der Waals surface area contributed by atoms with Crippen LogP contribution in [0.25, 0.3) is 0 Å². The molecule has 39 heavy (non-hydrogen) atoms. The third-order valence-electron chi connectivity index (χ3n) is 6.40. The minimum atomic E-state index is -1.60. The van der Waals surface area contributed by atoms with Crippen molar-refractivity contribution < 1.29 is 53.6 Å². The van der Waals surface area contributed by atoms with Crippen molar-refractivity contribution >= 4 is 0 Å².